The second-order valence-electron chi connectivity index (χ2n) is 6.36. The van der Waals surface area contributed by atoms with Crippen molar-refractivity contribution in [3.8, 4) is 5.75 Å². The Morgan fingerprint density at radius 3 is 2.54 bits per heavy atom. The van der Waals surface area contributed by atoms with Crippen molar-refractivity contribution in [3.05, 3.63) is 60.2 Å². The lowest BCUT2D eigenvalue weighted by Gasteiger charge is -2.19. The summed E-state index contributed by atoms with van der Waals surface area (Å²) in [6.07, 6.45) is 0. The van der Waals surface area contributed by atoms with Crippen molar-refractivity contribution in [3.63, 3.8) is 0 Å². The van der Waals surface area contributed by atoms with E-state index in [0.29, 0.717) is 24.6 Å². The molecule has 1 amide bonds. The first kappa shape index (κ1) is 20.1. The minimum Gasteiger partial charge on any atom is -0.494 e. The number of benzene rings is 2. The van der Waals surface area contributed by atoms with E-state index >= 15 is 0 Å². The highest BCUT2D eigenvalue weighted by molar-refractivity contribution is 7.93. The van der Waals surface area contributed by atoms with E-state index in [0.717, 1.165) is 5.56 Å². The zero-order valence-corrected chi connectivity index (χ0v) is 16.3. The number of hydrogen-bond acceptors (Lipinski definition) is 6. The van der Waals surface area contributed by atoms with Gasteiger partial charge >= 0.3 is 0 Å². The van der Waals surface area contributed by atoms with Gasteiger partial charge in [0.05, 0.1) is 12.5 Å². The van der Waals surface area contributed by atoms with E-state index in [-0.39, 0.29) is 12.5 Å². The predicted molar refractivity (Wildman–Crippen MR) is 107 cm³/mol. The molecule has 28 heavy (non-hydrogen) atoms. The molecule has 8 nitrogen and oxygen atoms in total. The average Bonchev–Trinajstić information content (AvgIpc) is 3.20. The normalized spacial score (nSPS) is 19.2. The van der Waals surface area contributed by atoms with E-state index in [1.54, 1.807) is 24.3 Å². The largest absolute Gasteiger partial charge is 0.494 e. The molecule has 0 bridgehead atoms. The molecule has 1 saturated heterocycles. The topological polar surface area (TPSA) is 109 Å². The summed E-state index contributed by atoms with van der Waals surface area (Å²) in [4.78, 5) is 12.5. The maximum absolute atomic E-state index is 12.8. The van der Waals surface area contributed by atoms with Gasteiger partial charge < -0.3 is 10.1 Å². The predicted octanol–water partition coefficient (Wildman–Crippen LogP) is 1.19. The fourth-order valence-electron chi connectivity index (χ4n) is 2.93. The van der Waals surface area contributed by atoms with Crippen molar-refractivity contribution in [2.75, 3.05) is 17.9 Å². The van der Waals surface area contributed by atoms with E-state index in [9.17, 15) is 13.2 Å². The lowest BCUT2D eigenvalue weighted by molar-refractivity contribution is -0.124. The van der Waals surface area contributed by atoms with Crippen LogP contribution >= 0.6 is 0 Å². The van der Waals surface area contributed by atoms with Gasteiger partial charge in [-0.25, -0.2) is 13.8 Å². The van der Waals surface area contributed by atoms with Crippen molar-refractivity contribution in [2.24, 2.45) is 5.92 Å². The number of hydrogen-bond donors (Lipinski definition) is 4. The Labute approximate surface area is 164 Å². The quantitative estimate of drug-likeness (QED) is 0.526. The van der Waals surface area contributed by atoms with E-state index in [1.165, 1.54) is 0 Å². The molecular weight excluding hydrogens is 380 g/mol. The lowest BCUT2D eigenvalue weighted by atomic mass is 10.1. The number of anilines is 1. The number of ether oxygens (including phenoxy) is 1. The molecule has 1 heterocycles. The van der Waals surface area contributed by atoms with Crippen LogP contribution in [0, 0.1) is 5.92 Å². The molecule has 2 unspecified atom stereocenters. The molecule has 0 radical (unpaired) electrons. The summed E-state index contributed by atoms with van der Waals surface area (Å²) in [6, 6.07) is 16.1. The van der Waals surface area contributed by atoms with Crippen molar-refractivity contribution < 1.29 is 17.9 Å². The summed E-state index contributed by atoms with van der Waals surface area (Å²) < 4.78 is 33.4. The fraction of sp³-hybridized carbons (Fsp3) is 0.316. The van der Waals surface area contributed by atoms with Gasteiger partial charge in [-0.15, -0.1) is 0 Å². The molecule has 3 rings (SSSR count). The number of carbonyl (C=O) groups is 1. The van der Waals surface area contributed by atoms with Gasteiger partial charge in [-0.1, -0.05) is 30.3 Å². The van der Waals surface area contributed by atoms with Gasteiger partial charge in [0.2, 0.25) is 5.91 Å². The molecule has 1 aliphatic heterocycles. The highest BCUT2D eigenvalue weighted by Gasteiger charge is 2.41. The molecule has 150 valence electrons. The molecule has 1 fully saturated rings. The monoisotopic (exact) mass is 404 g/mol. The number of hydrazine groups is 1. The second kappa shape index (κ2) is 9.05. The van der Waals surface area contributed by atoms with Crippen LogP contribution in [0.3, 0.4) is 0 Å². The first-order valence-electron chi connectivity index (χ1n) is 9.04. The van der Waals surface area contributed by atoms with Crippen LogP contribution in [-0.2, 0) is 21.4 Å². The van der Waals surface area contributed by atoms with Gasteiger partial charge in [0, 0.05) is 18.8 Å². The third-order valence-corrected chi connectivity index (χ3v) is 5.97. The molecule has 0 aliphatic carbocycles. The molecule has 2 atom stereocenters. The summed E-state index contributed by atoms with van der Waals surface area (Å²) in [5.41, 5.74) is 6.81. The summed E-state index contributed by atoms with van der Waals surface area (Å²) in [5, 5.41) is 1.71. The smallest absolute Gasteiger partial charge is 0.250 e. The number of amides is 1. The Kier molecular flexibility index (Phi) is 6.50. The zero-order chi connectivity index (χ0) is 20.0. The molecule has 2 aromatic carbocycles. The molecule has 0 aromatic heterocycles. The molecular formula is C19H24N4O4S. The van der Waals surface area contributed by atoms with Gasteiger partial charge in [0.15, 0.2) is 5.37 Å². The highest BCUT2D eigenvalue weighted by atomic mass is 32.2. The van der Waals surface area contributed by atoms with Gasteiger partial charge in [-0.2, -0.15) is 0 Å². The van der Waals surface area contributed by atoms with E-state index in [2.05, 4.69) is 20.9 Å². The highest BCUT2D eigenvalue weighted by Crippen LogP contribution is 2.21. The van der Waals surface area contributed by atoms with Crippen molar-refractivity contribution in [1.82, 2.24) is 16.2 Å². The van der Waals surface area contributed by atoms with E-state index < -0.39 is 21.3 Å². The van der Waals surface area contributed by atoms with Gasteiger partial charge in [0.1, 0.15) is 5.75 Å². The summed E-state index contributed by atoms with van der Waals surface area (Å²) in [6.45, 7) is 2.96. The van der Waals surface area contributed by atoms with Crippen molar-refractivity contribution >= 4 is 21.6 Å². The minimum atomic E-state index is -3.84. The fourth-order valence-corrected chi connectivity index (χ4v) is 4.41. The average molecular weight is 404 g/mol. The van der Waals surface area contributed by atoms with Crippen LogP contribution in [0.15, 0.2) is 54.6 Å². The Morgan fingerprint density at radius 1 is 1.14 bits per heavy atom. The summed E-state index contributed by atoms with van der Waals surface area (Å²) in [7, 11) is -3.84. The van der Waals surface area contributed by atoms with Crippen LogP contribution < -0.4 is 25.6 Å². The second-order valence-corrected chi connectivity index (χ2v) is 8.16. The number of sulfonamides is 1. The van der Waals surface area contributed by atoms with Crippen LogP contribution in [0.4, 0.5) is 5.69 Å². The third kappa shape index (κ3) is 5.00. The molecule has 2 aromatic rings. The first-order chi connectivity index (χ1) is 13.5. The lowest BCUT2D eigenvalue weighted by Crippen LogP contribution is -2.46. The third-order valence-electron chi connectivity index (χ3n) is 4.34. The molecule has 4 N–H and O–H groups in total. The Bertz CT molecular complexity index is 888. The van der Waals surface area contributed by atoms with Crippen LogP contribution in [0.2, 0.25) is 0 Å². The number of carbonyl (C=O) groups excluding carboxylic acids is 1. The van der Waals surface area contributed by atoms with Crippen LogP contribution in [0.1, 0.15) is 12.5 Å². The Hall–Kier alpha value is -2.62. The van der Waals surface area contributed by atoms with Crippen LogP contribution in [-0.4, -0.2) is 32.9 Å². The Morgan fingerprint density at radius 2 is 1.86 bits per heavy atom. The van der Waals surface area contributed by atoms with Crippen LogP contribution in [0.25, 0.3) is 0 Å². The number of nitrogens with one attached hydrogen (secondary N) is 4. The number of rotatable bonds is 8. The van der Waals surface area contributed by atoms with Crippen molar-refractivity contribution in [1.29, 1.82) is 0 Å². The maximum Gasteiger partial charge on any atom is 0.250 e. The van der Waals surface area contributed by atoms with Crippen LogP contribution in [0.5, 0.6) is 5.75 Å². The Balaban J connectivity index is 1.64. The SMILES string of the molecule is CCOc1ccc(NS(=O)(=O)C2NNCC2C(=O)NCc2ccccc2)cc1. The van der Waals surface area contributed by atoms with E-state index in [4.69, 9.17) is 4.74 Å². The van der Waals surface area contributed by atoms with Gasteiger partial charge in [0.25, 0.3) is 10.0 Å². The van der Waals surface area contributed by atoms with E-state index in [1.807, 2.05) is 37.3 Å². The minimum absolute atomic E-state index is 0.218. The molecule has 1 aliphatic rings. The standard InChI is InChI=1S/C19H24N4O4S/c1-2-27-16-10-8-15(9-11-16)23-28(25,26)19-17(13-21-22-19)18(24)20-12-14-6-4-3-5-7-14/h3-11,17,19,21-23H,2,12-13H2,1H3,(H,20,24). The maximum atomic E-state index is 12.8. The first-order valence-corrected chi connectivity index (χ1v) is 10.6. The molecule has 0 spiro atoms. The zero-order valence-electron chi connectivity index (χ0n) is 15.5. The van der Waals surface area contributed by atoms with Gasteiger partial charge in [-0.05, 0) is 36.8 Å². The van der Waals surface area contributed by atoms with Gasteiger partial charge in [-0.3, -0.25) is 14.9 Å². The summed E-state index contributed by atoms with van der Waals surface area (Å²) >= 11 is 0. The summed E-state index contributed by atoms with van der Waals surface area (Å²) in [5.74, 6) is -0.434. The van der Waals surface area contributed by atoms with Crippen molar-refractivity contribution in [2.45, 2.75) is 18.8 Å². The molecule has 0 saturated carbocycles. The molecule has 9 heteroatoms.